The Morgan fingerprint density at radius 3 is 2.36 bits per heavy atom. The normalized spacial score (nSPS) is 20.8. The van der Waals surface area contributed by atoms with Gasteiger partial charge in [0.05, 0.1) is 5.69 Å². The van der Waals surface area contributed by atoms with Crippen molar-refractivity contribution in [2.45, 2.75) is 24.9 Å². The first-order valence-corrected chi connectivity index (χ1v) is 11.9. The van der Waals surface area contributed by atoms with Gasteiger partial charge in [0.25, 0.3) is 0 Å². The molecule has 0 amide bonds. The third-order valence-electron chi connectivity index (χ3n) is 7.26. The lowest BCUT2D eigenvalue weighted by Gasteiger charge is -2.37. The largest absolute Gasteiger partial charge is 0.368 e. The lowest BCUT2D eigenvalue weighted by molar-refractivity contribution is 0.240. The van der Waals surface area contributed by atoms with E-state index in [-0.39, 0.29) is 0 Å². The summed E-state index contributed by atoms with van der Waals surface area (Å²) in [5.74, 6) is 1.09. The van der Waals surface area contributed by atoms with Gasteiger partial charge in [-0.1, -0.05) is 18.2 Å². The number of pyridine rings is 2. The maximum atomic E-state index is 5.10. The molecule has 4 aromatic rings. The van der Waals surface area contributed by atoms with Crippen molar-refractivity contribution < 1.29 is 0 Å². The van der Waals surface area contributed by atoms with Gasteiger partial charge in [-0.15, -0.1) is 0 Å². The molecule has 3 aromatic heterocycles. The minimum Gasteiger partial charge on any atom is -0.368 e. The zero-order valence-electron chi connectivity index (χ0n) is 19.1. The summed E-state index contributed by atoms with van der Waals surface area (Å²) in [4.78, 5) is 14.4. The Bertz CT molecular complexity index is 1220. The van der Waals surface area contributed by atoms with Gasteiger partial charge >= 0.3 is 0 Å². The second kappa shape index (κ2) is 8.52. The van der Waals surface area contributed by atoms with E-state index < -0.39 is 0 Å². The molecular weight excluding hydrogens is 408 g/mol. The Kier molecular flexibility index (Phi) is 5.23. The van der Waals surface area contributed by atoms with Crippen molar-refractivity contribution in [3.63, 3.8) is 0 Å². The molecule has 1 aliphatic carbocycles. The lowest BCUT2D eigenvalue weighted by Crippen LogP contribution is -2.46. The van der Waals surface area contributed by atoms with Crippen molar-refractivity contribution in [1.82, 2.24) is 19.9 Å². The molecule has 4 heterocycles. The molecule has 0 unspecified atom stereocenters. The summed E-state index contributed by atoms with van der Waals surface area (Å²) < 4.78 is 2.38. The Hall–Kier alpha value is -3.38. The number of nitrogens with one attached hydrogen (secondary N) is 1. The van der Waals surface area contributed by atoms with Crippen molar-refractivity contribution in [2.75, 3.05) is 43.0 Å². The molecule has 1 saturated heterocycles. The highest BCUT2D eigenvalue weighted by Gasteiger charge is 2.30. The topological polar surface area (TPSA) is 49.2 Å². The van der Waals surface area contributed by atoms with Crippen molar-refractivity contribution >= 4 is 22.5 Å². The van der Waals surface area contributed by atoms with Crippen molar-refractivity contribution in [1.29, 1.82) is 0 Å². The monoisotopic (exact) mass is 438 g/mol. The minimum atomic E-state index is 0.564. The first kappa shape index (κ1) is 20.2. The molecule has 1 N–H and O–H groups in total. The van der Waals surface area contributed by atoms with Gasteiger partial charge in [-0.2, -0.15) is 0 Å². The first-order chi connectivity index (χ1) is 16.3. The molecule has 1 saturated carbocycles. The number of hydrogen-bond acceptors (Lipinski definition) is 5. The fraction of sp³-hybridized carbons (Fsp3) is 0.333. The number of aromatic nitrogens is 3. The predicted molar refractivity (Wildman–Crippen MR) is 135 cm³/mol. The molecular formula is C27H30N6. The molecule has 1 aliphatic heterocycles. The highest BCUT2D eigenvalue weighted by Crippen LogP contribution is 2.35. The maximum absolute atomic E-state index is 5.10. The fourth-order valence-corrected chi connectivity index (χ4v) is 5.11. The average Bonchev–Trinajstić information content (AvgIpc) is 3.27. The summed E-state index contributed by atoms with van der Waals surface area (Å²) in [6.45, 7) is 3.95. The molecule has 0 atom stereocenters. The summed E-state index contributed by atoms with van der Waals surface area (Å²) in [5, 5.41) is 4.62. The molecule has 6 nitrogen and oxygen atoms in total. The number of piperazine rings is 1. The number of nitrogens with zero attached hydrogens (tertiary/aromatic N) is 5. The van der Waals surface area contributed by atoms with Crippen LogP contribution in [0.3, 0.4) is 0 Å². The number of anilines is 2. The molecule has 1 aromatic carbocycles. The Morgan fingerprint density at radius 1 is 0.848 bits per heavy atom. The molecule has 2 fully saturated rings. The van der Waals surface area contributed by atoms with Gasteiger partial charge in [-0.05, 0) is 62.4 Å². The van der Waals surface area contributed by atoms with Gasteiger partial charge < -0.3 is 19.7 Å². The van der Waals surface area contributed by atoms with Crippen LogP contribution in [0, 0.1) is 0 Å². The van der Waals surface area contributed by atoms with E-state index in [2.05, 4.69) is 86.4 Å². The van der Waals surface area contributed by atoms with E-state index in [1.807, 2.05) is 18.3 Å². The van der Waals surface area contributed by atoms with Crippen LogP contribution in [-0.4, -0.2) is 53.8 Å². The van der Waals surface area contributed by atoms with Crippen molar-refractivity contribution in [3.8, 4) is 11.3 Å². The smallest absolute Gasteiger partial charge is 0.142 e. The van der Waals surface area contributed by atoms with E-state index in [0.29, 0.717) is 12.1 Å². The maximum Gasteiger partial charge on any atom is 0.142 e. The average molecular weight is 439 g/mol. The van der Waals surface area contributed by atoms with E-state index in [0.717, 1.165) is 48.9 Å². The second-order valence-electron chi connectivity index (χ2n) is 9.15. The van der Waals surface area contributed by atoms with E-state index in [1.54, 1.807) is 0 Å². The van der Waals surface area contributed by atoms with Gasteiger partial charge in [0, 0.05) is 67.3 Å². The molecule has 33 heavy (non-hydrogen) atoms. The van der Waals surface area contributed by atoms with Gasteiger partial charge in [-0.3, -0.25) is 4.98 Å². The molecule has 2 aliphatic rings. The van der Waals surface area contributed by atoms with Gasteiger partial charge in [-0.25, -0.2) is 4.98 Å². The van der Waals surface area contributed by atoms with Gasteiger partial charge in [0.15, 0.2) is 0 Å². The van der Waals surface area contributed by atoms with Gasteiger partial charge in [0.2, 0.25) is 0 Å². The van der Waals surface area contributed by atoms with Crippen LogP contribution in [0.1, 0.15) is 18.9 Å². The number of hydrogen-bond donors (Lipinski definition) is 1. The van der Waals surface area contributed by atoms with E-state index in [1.165, 1.54) is 23.9 Å². The first-order valence-electron chi connectivity index (χ1n) is 11.9. The van der Waals surface area contributed by atoms with Crippen LogP contribution < -0.4 is 15.1 Å². The zero-order valence-corrected chi connectivity index (χ0v) is 19.1. The van der Waals surface area contributed by atoms with Crippen LogP contribution in [-0.2, 0) is 0 Å². The number of benzene rings is 1. The zero-order chi connectivity index (χ0) is 22.2. The third kappa shape index (κ3) is 3.85. The van der Waals surface area contributed by atoms with Crippen molar-refractivity contribution in [3.05, 3.63) is 73.1 Å². The van der Waals surface area contributed by atoms with Crippen LogP contribution >= 0.6 is 0 Å². The molecule has 6 rings (SSSR count). The second-order valence-corrected chi connectivity index (χ2v) is 9.15. The standard InChI is InChI=1S/C27H30N6/c1-28-22-18-24(19-22)33-13-11-21-7-10-26(30-27(21)33)32-16-14-31(15-17-32)23-8-5-20(6-9-23)25-4-2-3-12-29-25/h2-13,22,24,28H,14-19H2,1H3/t22-,24-. The van der Waals surface area contributed by atoms with Crippen LogP contribution in [0.25, 0.3) is 22.3 Å². The Balaban J connectivity index is 1.13. The fourth-order valence-electron chi connectivity index (χ4n) is 5.11. The lowest BCUT2D eigenvalue weighted by atomic mass is 9.87. The summed E-state index contributed by atoms with van der Waals surface area (Å²) in [6.07, 6.45) is 6.43. The summed E-state index contributed by atoms with van der Waals surface area (Å²) in [6, 6.07) is 22.6. The Labute approximate surface area is 194 Å². The van der Waals surface area contributed by atoms with Crippen LogP contribution in [0.4, 0.5) is 11.5 Å². The highest BCUT2D eigenvalue weighted by atomic mass is 15.3. The summed E-state index contributed by atoms with van der Waals surface area (Å²) in [7, 11) is 2.06. The SMILES string of the molecule is CN[C@H]1C[C@H](n2ccc3ccc(N4CCN(c5ccc(-c6ccccn6)cc5)CC4)nc32)C1. The van der Waals surface area contributed by atoms with Crippen molar-refractivity contribution in [2.24, 2.45) is 0 Å². The number of fused-ring (bicyclic) bond motifs is 1. The molecule has 6 heteroatoms. The summed E-state index contributed by atoms with van der Waals surface area (Å²) >= 11 is 0. The van der Waals surface area contributed by atoms with Crippen LogP contribution in [0.5, 0.6) is 0 Å². The molecule has 0 radical (unpaired) electrons. The molecule has 0 bridgehead atoms. The predicted octanol–water partition coefficient (Wildman–Crippen LogP) is 4.35. The van der Waals surface area contributed by atoms with E-state index >= 15 is 0 Å². The molecule has 0 spiro atoms. The number of rotatable bonds is 5. The minimum absolute atomic E-state index is 0.564. The van der Waals surface area contributed by atoms with E-state index in [4.69, 9.17) is 4.98 Å². The van der Waals surface area contributed by atoms with Crippen LogP contribution in [0.2, 0.25) is 0 Å². The molecule has 168 valence electrons. The third-order valence-corrected chi connectivity index (χ3v) is 7.26. The summed E-state index contributed by atoms with van der Waals surface area (Å²) in [5.41, 5.74) is 4.57. The van der Waals surface area contributed by atoms with E-state index in [9.17, 15) is 0 Å². The van der Waals surface area contributed by atoms with Gasteiger partial charge in [0.1, 0.15) is 11.5 Å². The van der Waals surface area contributed by atoms with Crippen LogP contribution in [0.15, 0.2) is 73.1 Å². The quantitative estimate of drug-likeness (QED) is 0.502. The Morgan fingerprint density at radius 2 is 1.64 bits per heavy atom. The highest BCUT2D eigenvalue weighted by molar-refractivity contribution is 5.78.